The average molecular weight is 266 g/mol. The number of pyridine rings is 1. The topological polar surface area (TPSA) is 41.7 Å². The summed E-state index contributed by atoms with van der Waals surface area (Å²) in [5.74, 6) is 0. The van der Waals surface area contributed by atoms with Crippen molar-refractivity contribution in [3.05, 3.63) is 64.8 Å². The lowest BCUT2D eigenvalue weighted by Gasteiger charge is -2.00. The Morgan fingerprint density at radius 2 is 2.00 bits per heavy atom. The van der Waals surface area contributed by atoms with Gasteiger partial charge in [-0.2, -0.15) is 4.57 Å². The van der Waals surface area contributed by atoms with E-state index >= 15 is 0 Å². The molecule has 4 nitrogen and oxygen atoms in total. The minimum atomic E-state index is 0.0139. The number of fused-ring (bicyclic) bond motifs is 1. The van der Waals surface area contributed by atoms with Crippen LogP contribution in [0.15, 0.2) is 53.6 Å². The lowest BCUT2D eigenvalue weighted by molar-refractivity contribution is -0.687. The van der Waals surface area contributed by atoms with Crippen LogP contribution in [0.4, 0.5) is 0 Å². The molecule has 0 spiro atoms. The molecule has 0 amide bonds. The number of rotatable bonds is 3. The molecule has 4 rings (SSSR count). The van der Waals surface area contributed by atoms with Crippen LogP contribution >= 0.6 is 0 Å². The molecule has 0 radical (unpaired) electrons. The van der Waals surface area contributed by atoms with E-state index in [9.17, 15) is 4.79 Å². The molecular formula is C16H16N3O+. The molecule has 20 heavy (non-hydrogen) atoms. The summed E-state index contributed by atoms with van der Waals surface area (Å²) in [5, 5.41) is 0. The summed E-state index contributed by atoms with van der Waals surface area (Å²) in [6.07, 6.45) is 6.29. The largest absolute Gasteiger partial charge is 0.326 e. The molecule has 3 aromatic rings. The van der Waals surface area contributed by atoms with Gasteiger partial charge in [0.2, 0.25) is 0 Å². The van der Waals surface area contributed by atoms with Gasteiger partial charge in [-0.3, -0.25) is 4.57 Å². The molecule has 1 fully saturated rings. The number of nitrogens with zero attached hydrogens (tertiary/aromatic N) is 2. The highest BCUT2D eigenvalue weighted by Crippen LogP contribution is 2.35. The van der Waals surface area contributed by atoms with Crippen LogP contribution in [-0.4, -0.2) is 9.55 Å². The Labute approximate surface area is 116 Å². The van der Waals surface area contributed by atoms with Crippen molar-refractivity contribution < 1.29 is 4.57 Å². The molecule has 0 aliphatic heterocycles. The number of hydrogen-bond acceptors (Lipinski definition) is 1. The van der Waals surface area contributed by atoms with Crippen molar-refractivity contribution in [3.63, 3.8) is 0 Å². The summed E-state index contributed by atoms with van der Waals surface area (Å²) in [6, 6.07) is 12.8. The van der Waals surface area contributed by atoms with Gasteiger partial charge in [0.25, 0.3) is 0 Å². The van der Waals surface area contributed by atoms with E-state index in [-0.39, 0.29) is 5.69 Å². The SMILES string of the molecule is O=c1[nH]c2c[n+](Cc3ccccc3)ccc2n1C1CC1. The van der Waals surface area contributed by atoms with Gasteiger partial charge in [0.1, 0.15) is 5.52 Å². The molecule has 0 saturated heterocycles. The zero-order valence-corrected chi connectivity index (χ0v) is 11.1. The lowest BCUT2D eigenvalue weighted by Crippen LogP contribution is -2.33. The zero-order valence-electron chi connectivity index (χ0n) is 11.1. The van der Waals surface area contributed by atoms with Gasteiger partial charge in [-0.1, -0.05) is 30.3 Å². The van der Waals surface area contributed by atoms with E-state index in [1.807, 2.05) is 41.2 Å². The second-order valence-corrected chi connectivity index (χ2v) is 5.43. The van der Waals surface area contributed by atoms with Gasteiger partial charge in [0.05, 0.1) is 5.52 Å². The maximum absolute atomic E-state index is 12.0. The van der Waals surface area contributed by atoms with E-state index in [0.717, 1.165) is 30.4 Å². The van der Waals surface area contributed by atoms with Crippen LogP contribution in [0.1, 0.15) is 24.4 Å². The van der Waals surface area contributed by atoms with Crippen molar-refractivity contribution in [2.24, 2.45) is 0 Å². The maximum Gasteiger partial charge on any atom is 0.326 e. The molecular weight excluding hydrogens is 250 g/mol. The smallest absolute Gasteiger partial charge is 0.301 e. The number of H-pyrrole nitrogens is 1. The zero-order chi connectivity index (χ0) is 13.5. The fraction of sp³-hybridized carbons (Fsp3) is 0.250. The summed E-state index contributed by atoms with van der Waals surface area (Å²) in [5.41, 5.74) is 3.20. The second-order valence-electron chi connectivity index (χ2n) is 5.43. The summed E-state index contributed by atoms with van der Waals surface area (Å²) in [6.45, 7) is 0.813. The highest BCUT2D eigenvalue weighted by Gasteiger charge is 2.27. The van der Waals surface area contributed by atoms with Crippen molar-refractivity contribution in [3.8, 4) is 0 Å². The van der Waals surface area contributed by atoms with Crippen molar-refractivity contribution in [1.82, 2.24) is 9.55 Å². The molecule has 4 heteroatoms. The van der Waals surface area contributed by atoms with Crippen LogP contribution < -0.4 is 10.3 Å². The Balaban J connectivity index is 1.74. The number of imidazole rings is 1. The molecule has 1 aromatic carbocycles. The number of aromatic nitrogens is 3. The molecule has 0 bridgehead atoms. The van der Waals surface area contributed by atoms with E-state index in [0.29, 0.717) is 6.04 Å². The predicted molar refractivity (Wildman–Crippen MR) is 76.6 cm³/mol. The fourth-order valence-corrected chi connectivity index (χ4v) is 2.71. The Kier molecular flexibility index (Phi) is 2.49. The van der Waals surface area contributed by atoms with E-state index < -0.39 is 0 Å². The summed E-state index contributed by atoms with van der Waals surface area (Å²) >= 11 is 0. The van der Waals surface area contributed by atoms with Crippen molar-refractivity contribution in [2.45, 2.75) is 25.4 Å². The summed E-state index contributed by atoms with van der Waals surface area (Å²) in [4.78, 5) is 14.9. The third-order valence-corrected chi connectivity index (χ3v) is 3.83. The minimum absolute atomic E-state index is 0.0139. The third kappa shape index (κ3) is 1.93. The van der Waals surface area contributed by atoms with Crippen molar-refractivity contribution in [1.29, 1.82) is 0 Å². The Morgan fingerprint density at radius 1 is 1.20 bits per heavy atom. The molecule has 1 aliphatic rings. The van der Waals surface area contributed by atoms with E-state index in [1.165, 1.54) is 5.56 Å². The number of nitrogens with one attached hydrogen (secondary N) is 1. The van der Waals surface area contributed by atoms with Gasteiger partial charge in [0.15, 0.2) is 18.9 Å². The second kappa shape index (κ2) is 4.34. The fourth-order valence-electron chi connectivity index (χ4n) is 2.71. The number of benzene rings is 1. The van der Waals surface area contributed by atoms with E-state index in [4.69, 9.17) is 0 Å². The van der Waals surface area contributed by atoms with Crippen LogP contribution in [0.2, 0.25) is 0 Å². The lowest BCUT2D eigenvalue weighted by atomic mass is 10.2. The quantitative estimate of drug-likeness (QED) is 0.724. The third-order valence-electron chi connectivity index (χ3n) is 3.83. The van der Waals surface area contributed by atoms with Crippen LogP contribution in [0, 0.1) is 0 Å². The number of hydrogen-bond donors (Lipinski definition) is 1. The molecule has 2 aromatic heterocycles. The maximum atomic E-state index is 12.0. The van der Waals surface area contributed by atoms with E-state index in [1.54, 1.807) is 0 Å². The first kappa shape index (κ1) is 11.5. The average Bonchev–Trinajstić information content (AvgIpc) is 3.23. The summed E-state index contributed by atoms with van der Waals surface area (Å²) < 4.78 is 3.99. The highest BCUT2D eigenvalue weighted by atomic mass is 16.1. The van der Waals surface area contributed by atoms with Crippen molar-refractivity contribution in [2.75, 3.05) is 0 Å². The van der Waals surface area contributed by atoms with Gasteiger partial charge >= 0.3 is 5.69 Å². The first-order valence-electron chi connectivity index (χ1n) is 6.98. The molecule has 1 N–H and O–H groups in total. The molecule has 1 saturated carbocycles. The van der Waals surface area contributed by atoms with Gasteiger partial charge in [-0.05, 0) is 12.8 Å². The normalized spacial score (nSPS) is 14.8. The van der Waals surface area contributed by atoms with Gasteiger partial charge in [-0.25, -0.2) is 4.79 Å². The van der Waals surface area contributed by atoms with Crippen LogP contribution in [0.3, 0.4) is 0 Å². The summed E-state index contributed by atoms with van der Waals surface area (Å²) in [7, 11) is 0. The molecule has 0 atom stereocenters. The molecule has 1 aliphatic carbocycles. The standard InChI is InChI=1S/C16H15N3O/c20-16-17-14-11-18(10-12-4-2-1-3-5-12)9-8-15(14)19(16)13-6-7-13/h1-5,8-9,11,13H,6-7,10H2/p+1. The molecule has 100 valence electrons. The first-order chi connectivity index (χ1) is 9.81. The molecule has 0 unspecified atom stereocenters. The predicted octanol–water partition coefficient (Wildman–Crippen LogP) is 2.00. The Hall–Kier alpha value is -2.36. The van der Waals surface area contributed by atoms with Crippen LogP contribution in [0.5, 0.6) is 0 Å². The minimum Gasteiger partial charge on any atom is -0.301 e. The van der Waals surface area contributed by atoms with Gasteiger partial charge in [0, 0.05) is 17.7 Å². The highest BCUT2D eigenvalue weighted by molar-refractivity contribution is 5.73. The van der Waals surface area contributed by atoms with Gasteiger partial charge in [-0.15, -0.1) is 0 Å². The Morgan fingerprint density at radius 3 is 2.75 bits per heavy atom. The number of aromatic amines is 1. The van der Waals surface area contributed by atoms with E-state index in [2.05, 4.69) is 21.7 Å². The van der Waals surface area contributed by atoms with Gasteiger partial charge < -0.3 is 4.98 Å². The van der Waals surface area contributed by atoms with Crippen LogP contribution in [0.25, 0.3) is 11.0 Å². The Bertz CT molecular complexity index is 813. The molecule has 2 heterocycles. The van der Waals surface area contributed by atoms with Crippen LogP contribution in [-0.2, 0) is 6.54 Å². The van der Waals surface area contributed by atoms with Crippen molar-refractivity contribution >= 4 is 11.0 Å². The first-order valence-corrected chi connectivity index (χ1v) is 6.98. The monoisotopic (exact) mass is 266 g/mol.